The number of anilines is 1. The predicted octanol–water partition coefficient (Wildman–Crippen LogP) is 4.64. The zero-order valence-corrected chi connectivity index (χ0v) is 15.7. The second kappa shape index (κ2) is 8.74. The summed E-state index contributed by atoms with van der Waals surface area (Å²) >= 11 is 1.86. The van der Waals surface area contributed by atoms with E-state index in [9.17, 15) is 0 Å². The van der Waals surface area contributed by atoms with E-state index in [-0.39, 0.29) is 0 Å². The summed E-state index contributed by atoms with van der Waals surface area (Å²) in [5, 5.41) is 4.62. The fourth-order valence-electron chi connectivity index (χ4n) is 2.47. The first-order valence-corrected chi connectivity index (χ1v) is 9.15. The van der Waals surface area contributed by atoms with Crippen LogP contribution < -0.4 is 10.2 Å². The molecule has 1 rings (SSSR count). The molecule has 2 atom stereocenters. The lowest BCUT2D eigenvalue weighted by molar-refractivity contribution is 0.503. The summed E-state index contributed by atoms with van der Waals surface area (Å²) < 4.78 is 0. The molecule has 1 heterocycles. The van der Waals surface area contributed by atoms with Gasteiger partial charge in [-0.05, 0) is 38.1 Å². The predicted molar refractivity (Wildman–Crippen MR) is 95.5 cm³/mol. The zero-order chi connectivity index (χ0) is 16.0. The Balaban J connectivity index is 2.94. The van der Waals surface area contributed by atoms with Crippen LogP contribution in [0.1, 0.15) is 70.9 Å². The molecule has 122 valence electrons. The molecule has 4 heteroatoms. The van der Waals surface area contributed by atoms with Crippen LogP contribution in [0.25, 0.3) is 0 Å². The molecule has 21 heavy (non-hydrogen) atoms. The van der Waals surface area contributed by atoms with Gasteiger partial charge in [-0.3, -0.25) is 0 Å². The van der Waals surface area contributed by atoms with Crippen LogP contribution in [0.5, 0.6) is 0 Å². The van der Waals surface area contributed by atoms with Crippen LogP contribution in [0, 0.1) is 5.92 Å². The van der Waals surface area contributed by atoms with Crippen molar-refractivity contribution in [2.75, 3.05) is 18.5 Å². The third kappa shape index (κ3) is 5.26. The lowest BCUT2D eigenvalue weighted by atomic mass is 10.0. The van der Waals surface area contributed by atoms with Crippen molar-refractivity contribution in [1.29, 1.82) is 0 Å². The zero-order valence-electron chi connectivity index (χ0n) is 14.9. The van der Waals surface area contributed by atoms with Gasteiger partial charge in [0, 0.05) is 24.5 Å². The number of thiazole rings is 1. The summed E-state index contributed by atoms with van der Waals surface area (Å²) in [6.45, 7) is 15.5. The molecule has 0 aliphatic heterocycles. The van der Waals surface area contributed by atoms with Crippen LogP contribution in [-0.2, 0) is 6.54 Å². The number of hydrogen-bond acceptors (Lipinski definition) is 4. The first kappa shape index (κ1) is 18.4. The Hall–Kier alpha value is -0.610. The van der Waals surface area contributed by atoms with E-state index in [0.717, 1.165) is 25.4 Å². The lowest BCUT2D eigenvalue weighted by Crippen LogP contribution is -2.29. The van der Waals surface area contributed by atoms with Crippen molar-refractivity contribution in [2.24, 2.45) is 5.92 Å². The first-order chi connectivity index (χ1) is 9.90. The molecule has 0 fully saturated rings. The number of rotatable bonds is 9. The van der Waals surface area contributed by atoms with Crippen LogP contribution in [0.15, 0.2) is 0 Å². The molecule has 0 aliphatic rings. The number of nitrogens with one attached hydrogen (secondary N) is 1. The molecule has 0 bridgehead atoms. The summed E-state index contributed by atoms with van der Waals surface area (Å²) in [5.41, 5.74) is 1.29. The molecule has 1 aromatic rings. The minimum Gasteiger partial charge on any atom is -0.348 e. The van der Waals surface area contributed by atoms with Crippen LogP contribution >= 0.6 is 11.3 Å². The summed E-state index contributed by atoms with van der Waals surface area (Å²) in [6, 6.07) is 0.535. The minimum atomic E-state index is 0.535. The van der Waals surface area contributed by atoms with Gasteiger partial charge in [0.25, 0.3) is 0 Å². The quantitative estimate of drug-likeness (QED) is 0.720. The van der Waals surface area contributed by atoms with Gasteiger partial charge in [-0.25, -0.2) is 4.98 Å². The van der Waals surface area contributed by atoms with Crippen molar-refractivity contribution in [3.05, 3.63) is 10.6 Å². The Labute approximate surface area is 135 Å². The highest BCUT2D eigenvalue weighted by molar-refractivity contribution is 7.15. The second-order valence-electron chi connectivity index (χ2n) is 6.48. The smallest absolute Gasteiger partial charge is 0.185 e. The number of nitrogens with zero attached hydrogens (tertiary/aromatic N) is 2. The van der Waals surface area contributed by atoms with Gasteiger partial charge in [-0.15, -0.1) is 11.3 Å². The Morgan fingerprint density at radius 2 is 1.86 bits per heavy atom. The van der Waals surface area contributed by atoms with Gasteiger partial charge >= 0.3 is 0 Å². The highest BCUT2D eigenvalue weighted by Gasteiger charge is 2.20. The molecule has 2 unspecified atom stereocenters. The van der Waals surface area contributed by atoms with Gasteiger partial charge in [0.2, 0.25) is 0 Å². The van der Waals surface area contributed by atoms with E-state index < -0.39 is 0 Å². The Bertz CT molecular complexity index is 414. The molecule has 0 aliphatic carbocycles. The monoisotopic (exact) mass is 311 g/mol. The second-order valence-corrected chi connectivity index (χ2v) is 7.55. The Kier molecular flexibility index (Phi) is 7.67. The van der Waals surface area contributed by atoms with Crippen LogP contribution in [0.4, 0.5) is 5.13 Å². The molecule has 0 radical (unpaired) electrons. The van der Waals surface area contributed by atoms with E-state index in [1.54, 1.807) is 0 Å². The molecule has 0 spiro atoms. The van der Waals surface area contributed by atoms with E-state index in [4.69, 9.17) is 4.98 Å². The summed E-state index contributed by atoms with van der Waals surface area (Å²) in [5.74, 6) is 1.26. The third-order valence-electron chi connectivity index (χ3n) is 4.11. The summed E-state index contributed by atoms with van der Waals surface area (Å²) in [4.78, 5) is 8.73. The average molecular weight is 312 g/mol. The highest BCUT2D eigenvalue weighted by Crippen LogP contribution is 2.33. The molecule has 3 nitrogen and oxygen atoms in total. The van der Waals surface area contributed by atoms with Gasteiger partial charge in [-0.2, -0.15) is 0 Å². The fourth-order valence-corrected chi connectivity index (χ4v) is 3.69. The van der Waals surface area contributed by atoms with Crippen molar-refractivity contribution in [2.45, 2.75) is 72.9 Å². The molecular formula is C17H33N3S. The molecule has 1 aromatic heterocycles. The van der Waals surface area contributed by atoms with E-state index in [2.05, 4.69) is 58.8 Å². The van der Waals surface area contributed by atoms with Crippen molar-refractivity contribution in [3.8, 4) is 0 Å². The van der Waals surface area contributed by atoms with Crippen LogP contribution in [0.3, 0.4) is 0 Å². The molecule has 0 aromatic carbocycles. The van der Waals surface area contributed by atoms with Gasteiger partial charge in [0.1, 0.15) is 0 Å². The average Bonchev–Trinajstić information content (AvgIpc) is 2.86. The van der Waals surface area contributed by atoms with Gasteiger partial charge in [0.05, 0.1) is 5.69 Å². The van der Waals surface area contributed by atoms with Crippen molar-refractivity contribution in [1.82, 2.24) is 10.3 Å². The van der Waals surface area contributed by atoms with E-state index >= 15 is 0 Å². The fraction of sp³-hybridized carbons (Fsp3) is 0.824. The van der Waals surface area contributed by atoms with Gasteiger partial charge in [0.15, 0.2) is 5.13 Å². The summed E-state index contributed by atoms with van der Waals surface area (Å²) in [7, 11) is 2.18. The largest absolute Gasteiger partial charge is 0.348 e. The van der Waals surface area contributed by atoms with E-state index in [1.807, 2.05) is 11.3 Å². The maximum Gasteiger partial charge on any atom is 0.185 e. The topological polar surface area (TPSA) is 28.2 Å². The van der Waals surface area contributed by atoms with Crippen LogP contribution in [-0.4, -0.2) is 24.6 Å². The van der Waals surface area contributed by atoms with Gasteiger partial charge < -0.3 is 10.2 Å². The molecule has 0 amide bonds. The van der Waals surface area contributed by atoms with Crippen molar-refractivity contribution in [3.63, 3.8) is 0 Å². The van der Waals surface area contributed by atoms with Crippen molar-refractivity contribution >= 4 is 16.5 Å². The van der Waals surface area contributed by atoms with E-state index in [1.165, 1.54) is 22.1 Å². The first-order valence-electron chi connectivity index (χ1n) is 8.33. The maximum absolute atomic E-state index is 4.97. The third-order valence-corrected chi connectivity index (χ3v) is 5.27. The lowest BCUT2D eigenvalue weighted by Gasteiger charge is -2.25. The SMILES string of the molecule is CCNCc1sc(N(C)C(C)CC(C)C)nc1C(C)CC. The number of hydrogen-bond donors (Lipinski definition) is 1. The Morgan fingerprint density at radius 1 is 1.19 bits per heavy atom. The molecule has 1 N–H and O–H groups in total. The van der Waals surface area contributed by atoms with Crippen LogP contribution in [0.2, 0.25) is 0 Å². The van der Waals surface area contributed by atoms with E-state index in [0.29, 0.717) is 12.0 Å². The van der Waals surface area contributed by atoms with Crippen molar-refractivity contribution < 1.29 is 0 Å². The standard InChI is InChI=1S/C17H33N3S/c1-8-13(5)16-15(11-18-9-2)21-17(19-16)20(7)14(6)10-12(3)4/h12-14,18H,8-11H2,1-7H3. The minimum absolute atomic E-state index is 0.535. The molecule has 0 saturated carbocycles. The maximum atomic E-state index is 4.97. The Morgan fingerprint density at radius 3 is 2.38 bits per heavy atom. The molecule has 0 saturated heterocycles. The normalized spacial score (nSPS) is 14.5. The highest BCUT2D eigenvalue weighted by atomic mass is 32.1. The summed E-state index contributed by atoms with van der Waals surface area (Å²) in [6.07, 6.45) is 2.35. The molecular weight excluding hydrogens is 278 g/mol. The van der Waals surface area contributed by atoms with Gasteiger partial charge in [-0.1, -0.05) is 34.6 Å². The number of aromatic nitrogens is 1.